The summed E-state index contributed by atoms with van der Waals surface area (Å²) in [6.45, 7) is 4.55. The maximum atomic E-state index is 15.2. The lowest BCUT2D eigenvalue weighted by atomic mass is 9.72. The Labute approximate surface area is 213 Å². The molecule has 3 fully saturated rings. The van der Waals surface area contributed by atoms with E-state index in [-0.39, 0.29) is 23.0 Å². The van der Waals surface area contributed by atoms with Crippen LogP contribution in [-0.2, 0) is 0 Å². The average molecular weight is 634 g/mol. The zero-order valence-electron chi connectivity index (χ0n) is 18.4. The van der Waals surface area contributed by atoms with Crippen molar-refractivity contribution in [1.29, 1.82) is 0 Å². The number of hydrogen-bond acceptors (Lipinski definition) is 6. The molecule has 3 aliphatic heterocycles. The van der Waals surface area contributed by atoms with Gasteiger partial charge in [0.05, 0.1) is 4.47 Å². The Morgan fingerprint density at radius 2 is 1.91 bits per heavy atom. The predicted octanol–water partition coefficient (Wildman–Crippen LogP) is 4.19. The van der Waals surface area contributed by atoms with E-state index in [9.17, 15) is 9.90 Å². The Kier molecular flexibility index (Phi) is 6.32. The van der Waals surface area contributed by atoms with Crippen molar-refractivity contribution in [3.63, 3.8) is 0 Å². The number of nitrogens with zero attached hydrogens (tertiary/aromatic N) is 5. The van der Waals surface area contributed by atoms with Gasteiger partial charge < -0.3 is 24.5 Å². The van der Waals surface area contributed by atoms with Crippen LogP contribution in [0.5, 0.6) is 6.01 Å². The summed E-state index contributed by atoms with van der Waals surface area (Å²) in [5, 5.41) is 9.87. The number of anilines is 1. The van der Waals surface area contributed by atoms with E-state index >= 15 is 4.39 Å². The van der Waals surface area contributed by atoms with Crippen LogP contribution < -0.4 is 9.64 Å². The highest BCUT2D eigenvalue weighted by molar-refractivity contribution is 14.1. The second-order valence-corrected chi connectivity index (χ2v) is 11.4. The van der Waals surface area contributed by atoms with Crippen molar-refractivity contribution in [2.45, 2.75) is 31.8 Å². The SMILES string of the molecule is CN1CCC(Oc2nc(N3CCC4(CC3)CN(C(=O)O)C4)c3cc(I)c(Br)c(F)c3n2)CC1. The monoisotopic (exact) mass is 633 g/mol. The molecule has 0 unspecified atom stereocenters. The van der Waals surface area contributed by atoms with Crippen LogP contribution in [0.2, 0.25) is 0 Å². The smallest absolute Gasteiger partial charge is 0.407 e. The molecule has 178 valence electrons. The number of hydrogen-bond donors (Lipinski definition) is 1. The highest BCUT2D eigenvalue weighted by Crippen LogP contribution is 2.43. The van der Waals surface area contributed by atoms with Crippen LogP contribution in [-0.4, -0.2) is 83.4 Å². The van der Waals surface area contributed by atoms with Crippen molar-refractivity contribution in [2.75, 3.05) is 51.2 Å². The fourth-order valence-electron chi connectivity index (χ4n) is 5.09. The van der Waals surface area contributed by atoms with Crippen molar-refractivity contribution in [2.24, 2.45) is 5.41 Å². The fourth-order valence-corrected chi connectivity index (χ4v) is 5.94. The number of likely N-dealkylation sites (tertiary alicyclic amines) is 2. The van der Waals surface area contributed by atoms with Gasteiger partial charge in [-0.25, -0.2) is 9.18 Å². The number of halogens is 3. The second kappa shape index (κ2) is 8.95. The van der Waals surface area contributed by atoms with Gasteiger partial charge in [-0.05, 0) is 77.3 Å². The summed E-state index contributed by atoms with van der Waals surface area (Å²) >= 11 is 5.46. The molecule has 1 aromatic heterocycles. The molecule has 4 heterocycles. The molecule has 33 heavy (non-hydrogen) atoms. The van der Waals surface area contributed by atoms with E-state index in [1.807, 2.05) is 6.07 Å². The van der Waals surface area contributed by atoms with Gasteiger partial charge in [-0.3, -0.25) is 0 Å². The molecule has 0 bridgehead atoms. The molecule has 5 rings (SSSR count). The van der Waals surface area contributed by atoms with Gasteiger partial charge in [0.15, 0.2) is 5.82 Å². The standard InChI is InChI=1S/C22H26BrFIN5O3/c1-28-6-2-13(3-7-28)33-20-26-18-14(10-15(25)16(23)17(18)24)19(27-20)29-8-4-22(5-9-29)11-30(12-22)21(31)32/h10,13H,2-9,11-12H2,1H3,(H,31,32). The normalized spacial score (nSPS) is 21.5. The number of piperidine rings is 2. The third-order valence-corrected chi connectivity index (χ3v) is 9.54. The van der Waals surface area contributed by atoms with E-state index in [2.05, 4.69) is 60.4 Å². The van der Waals surface area contributed by atoms with E-state index in [4.69, 9.17) is 9.72 Å². The van der Waals surface area contributed by atoms with Gasteiger partial charge in [-0.2, -0.15) is 9.97 Å². The summed E-state index contributed by atoms with van der Waals surface area (Å²) in [4.78, 5) is 26.3. The topological polar surface area (TPSA) is 82.0 Å². The van der Waals surface area contributed by atoms with Crippen LogP contribution in [0.4, 0.5) is 15.0 Å². The molecule has 0 atom stereocenters. The van der Waals surface area contributed by atoms with Crippen LogP contribution in [0.15, 0.2) is 10.5 Å². The third-order valence-electron chi connectivity index (χ3n) is 7.17. The van der Waals surface area contributed by atoms with E-state index < -0.39 is 11.9 Å². The maximum Gasteiger partial charge on any atom is 0.407 e. The summed E-state index contributed by atoms with van der Waals surface area (Å²) in [7, 11) is 2.09. The van der Waals surface area contributed by atoms with E-state index in [1.165, 1.54) is 4.90 Å². The van der Waals surface area contributed by atoms with E-state index in [0.717, 1.165) is 55.4 Å². The molecule has 0 saturated carbocycles. The van der Waals surface area contributed by atoms with Crippen LogP contribution >= 0.6 is 38.5 Å². The Hall–Kier alpha value is -1.47. The number of rotatable bonds is 3. The average Bonchev–Trinajstić information content (AvgIpc) is 2.77. The molecule has 3 aliphatic rings. The largest absolute Gasteiger partial charge is 0.465 e. The number of fused-ring (bicyclic) bond motifs is 1. The minimum absolute atomic E-state index is 0.0171. The molecule has 1 aromatic carbocycles. The number of ether oxygens (including phenoxy) is 1. The van der Waals surface area contributed by atoms with E-state index in [1.54, 1.807) is 0 Å². The number of amides is 1. The van der Waals surface area contributed by atoms with Gasteiger partial charge in [0, 0.05) is 53.6 Å². The lowest BCUT2D eigenvalue weighted by molar-refractivity contribution is -0.00643. The highest BCUT2D eigenvalue weighted by atomic mass is 127. The first-order chi connectivity index (χ1) is 15.7. The molecule has 2 aromatic rings. The van der Waals surface area contributed by atoms with Crippen LogP contribution in [0, 0.1) is 14.8 Å². The van der Waals surface area contributed by atoms with Crippen LogP contribution in [0.3, 0.4) is 0 Å². The molecule has 3 saturated heterocycles. The third kappa shape index (κ3) is 4.47. The Bertz CT molecular complexity index is 1080. The first-order valence-electron chi connectivity index (χ1n) is 11.2. The lowest BCUT2D eigenvalue weighted by Gasteiger charge is -2.53. The van der Waals surface area contributed by atoms with Gasteiger partial charge >= 0.3 is 12.1 Å². The van der Waals surface area contributed by atoms with Crippen molar-refractivity contribution in [3.8, 4) is 6.01 Å². The van der Waals surface area contributed by atoms with Crippen molar-refractivity contribution in [3.05, 3.63) is 19.9 Å². The Balaban J connectivity index is 1.43. The second-order valence-electron chi connectivity index (χ2n) is 9.46. The fraction of sp³-hybridized carbons (Fsp3) is 0.591. The van der Waals surface area contributed by atoms with Crippen molar-refractivity contribution < 1.29 is 19.0 Å². The van der Waals surface area contributed by atoms with Crippen molar-refractivity contribution >= 4 is 61.3 Å². The Morgan fingerprint density at radius 3 is 2.55 bits per heavy atom. The van der Waals surface area contributed by atoms with E-state index in [0.29, 0.717) is 28.8 Å². The quantitative estimate of drug-likeness (QED) is 0.401. The zero-order valence-corrected chi connectivity index (χ0v) is 22.1. The van der Waals surface area contributed by atoms with Crippen LogP contribution in [0.25, 0.3) is 10.9 Å². The molecule has 1 N–H and O–H groups in total. The summed E-state index contributed by atoms with van der Waals surface area (Å²) in [5.74, 6) is 0.287. The summed E-state index contributed by atoms with van der Waals surface area (Å²) in [6.07, 6.45) is 2.70. The van der Waals surface area contributed by atoms with Crippen LogP contribution in [0.1, 0.15) is 25.7 Å². The molecular formula is C22H26BrFIN5O3. The summed E-state index contributed by atoms with van der Waals surface area (Å²) < 4.78 is 22.5. The lowest BCUT2D eigenvalue weighted by Crippen LogP contribution is -2.61. The molecule has 0 radical (unpaired) electrons. The van der Waals surface area contributed by atoms with Gasteiger partial charge in [0.2, 0.25) is 0 Å². The molecule has 1 amide bonds. The highest BCUT2D eigenvalue weighted by Gasteiger charge is 2.47. The number of benzene rings is 1. The summed E-state index contributed by atoms with van der Waals surface area (Å²) in [6, 6.07) is 2.14. The first kappa shape index (κ1) is 23.3. The molecular weight excluding hydrogens is 608 g/mol. The zero-order chi connectivity index (χ0) is 23.3. The first-order valence-corrected chi connectivity index (χ1v) is 13.1. The van der Waals surface area contributed by atoms with Gasteiger partial charge in [-0.15, -0.1) is 0 Å². The number of aromatic nitrogens is 2. The number of carbonyl (C=O) groups is 1. The predicted molar refractivity (Wildman–Crippen MR) is 135 cm³/mol. The molecule has 0 aliphatic carbocycles. The van der Waals surface area contributed by atoms with Gasteiger partial charge in [0.1, 0.15) is 17.4 Å². The molecule has 11 heteroatoms. The van der Waals surface area contributed by atoms with Gasteiger partial charge in [-0.1, -0.05) is 0 Å². The molecule has 1 spiro atoms. The van der Waals surface area contributed by atoms with Gasteiger partial charge in [0.25, 0.3) is 0 Å². The maximum absolute atomic E-state index is 15.2. The summed E-state index contributed by atoms with van der Waals surface area (Å²) in [5.41, 5.74) is 0.310. The minimum atomic E-state index is -0.851. The minimum Gasteiger partial charge on any atom is -0.465 e. The molecule has 8 nitrogen and oxygen atoms in total. The number of carboxylic acid groups (broad SMARTS) is 1. The Morgan fingerprint density at radius 1 is 1.24 bits per heavy atom. The van der Waals surface area contributed by atoms with Crippen molar-refractivity contribution in [1.82, 2.24) is 19.8 Å².